The number of hydrogen-bond donors (Lipinski definition) is 0. The first kappa shape index (κ1) is 20.0. The van der Waals surface area contributed by atoms with Gasteiger partial charge in [0.1, 0.15) is 0 Å². The van der Waals surface area contributed by atoms with Gasteiger partial charge in [0.05, 0.1) is 0 Å². The van der Waals surface area contributed by atoms with Gasteiger partial charge < -0.3 is 4.18 Å². The van der Waals surface area contributed by atoms with Gasteiger partial charge in [-0.15, -0.1) is 0 Å². The molecule has 152 valence electrons. The van der Waals surface area contributed by atoms with E-state index in [4.69, 9.17) is 4.18 Å². The molecule has 7 heteroatoms. The Morgan fingerprint density at radius 1 is 0.700 bits per heavy atom. The largest absolute Gasteiger partial charge is 0.534 e. The highest BCUT2D eigenvalue weighted by Crippen LogP contribution is 2.45. The molecule has 4 rings (SSSR count). The fraction of sp³-hybridized carbons (Fsp3) is 0.0435. The molecule has 0 aliphatic carbocycles. The van der Waals surface area contributed by atoms with Gasteiger partial charge >= 0.3 is 15.6 Å². The average molecular weight is 428 g/mol. The smallest absolute Gasteiger partial charge is 0.375 e. The van der Waals surface area contributed by atoms with E-state index in [0.717, 1.165) is 5.56 Å². The Balaban J connectivity index is 2.12. The molecule has 0 aliphatic rings. The van der Waals surface area contributed by atoms with Crippen LogP contribution in [0.3, 0.4) is 0 Å². The van der Waals surface area contributed by atoms with Crippen molar-refractivity contribution >= 4 is 20.9 Å². The van der Waals surface area contributed by atoms with E-state index >= 15 is 0 Å². The molecule has 4 aromatic rings. The monoisotopic (exact) mass is 428 g/mol. The molecule has 30 heavy (non-hydrogen) atoms. The van der Waals surface area contributed by atoms with Crippen molar-refractivity contribution < 1.29 is 25.8 Å². The lowest BCUT2D eigenvalue weighted by atomic mass is 9.90. The number of benzene rings is 4. The Kier molecular flexibility index (Phi) is 4.99. The van der Waals surface area contributed by atoms with Gasteiger partial charge in [-0.1, -0.05) is 84.9 Å². The molecule has 0 heterocycles. The molecule has 0 saturated heterocycles. The van der Waals surface area contributed by atoms with Crippen LogP contribution in [-0.2, 0) is 10.1 Å². The van der Waals surface area contributed by atoms with E-state index in [0.29, 0.717) is 16.5 Å². The summed E-state index contributed by atoms with van der Waals surface area (Å²) in [4.78, 5) is 0. The first-order chi connectivity index (χ1) is 14.3. The first-order valence-electron chi connectivity index (χ1n) is 8.95. The molecule has 0 fully saturated rings. The lowest BCUT2D eigenvalue weighted by molar-refractivity contribution is -0.0499. The fourth-order valence-electron chi connectivity index (χ4n) is 3.29. The second-order valence-electron chi connectivity index (χ2n) is 6.56. The summed E-state index contributed by atoms with van der Waals surface area (Å²) in [5.74, 6) is -0.351. The van der Waals surface area contributed by atoms with Crippen molar-refractivity contribution in [3.05, 3.63) is 91.0 Å². The Morgan fingerprint density at radius 2 is 1.23 bits per heavy atom. The van der Waals surface area contributed by atoms with Gasteiger partial charge in [-0.05, 0) is 28.1 Å². The van der Waals surface area contributed by atoms with E-state index in [-0.39, 0.29) is 16.7 Å². The van der Waals surface area contributed by atoms with Crippen molar-refractivity contribution in [2.45, 2.75) is 5.51 Å². The zero-order valence-electron chi connectivity index (χ0n) is 15.4. The maximum absolute atomic E-state index is 13.2. The summed E-state index contributed by atoms with van der Waals surface area (Å²) < 4.78 is 68.2. The number of fused-ring (bicyclic) bond motifs is 1. The molecular formula is C23H15F3O3S. The average Bonchev–Trinajstić information content (AvgIpc) is 2.74. The highest BCUT2D eigenvalue weighted by Gasteiger charge is 2.49. The third-order valence-corrected chi connectivity index (χ3v) is 5.58. The molecule has 0 radical (unpaired) electrons. The van der Waals surface area contributed by atoms with E-state index in [1.807, 2.05) is 12.1 Å². The molecule has 0 bridgehead atoms. The molecule has 4 aromatic carbocycles. The molecule has 0 amide bonds. The summed E-state index contributed by atoms with van der Waals surface area (Å²) in [5.41, 5.74) is -3.46. The summed E-state index contributed by atoms with van der Waals surface area (Å²) in [7, 11) is -5.87. The summed E-state index contributed by atoms with van der Waals surface area (Å²) >= 11 is 0. The van der Waals surface area contributed by atoms with Gasteiger partial charge in [-0.2, -0.15) is 21.6 Å². The van der Waals surface area contributed by atoms with E-state index in [9.17, 15) is 21.6 Å². The van der Waals surface area contributed by atoms with Crippen LogP contribution in [-0.4, -0.2) is 13.9 Å². The van der Waals surface area contributed by atoms with Crippen molar-refractivity contribution in [3.8, 4) is 28.0 Å². The van der Waals surface area contributed by atoms with Crippen molar-refractivity contribution in [3.63, 3.8) is 0 Å². The van der Waals surface area contributed by atoms with Crippen LogP contribution in [0.4, 0.5) is 13.2 Å². The zero-order chi connectivity index (χ0) is 21.4. The van der Waals surface area contributed by atoms with Gasteiger partial charge in [-0.3, -0.25) is 0 Å². The van der Waals surface area contributed by atoms with Crippen LogP contribution in [0.2, 0.25) is 0 Å². The van der Waals surface area contributed by atoms with Crippen LogP contribution in [0.1, 0.15) is 0 Å². The van der Waals surface area contributed by atoms with E-state index in [1.54, 1.807) is 72.8 Å². The molecule has 0 atom stereocenters. The van der Waals surface area contributed by atoms with Gasteiger partial charge in [0.2, 0.25) is 0 Å². The van der Waals surface area contributed by atoms with Gasteiger partial charge in [0, 0.05) is 10.9 Å². The summed E-state index contributed by atoms with van der Waals surface area (Å²) in [6.07, 6.45) is 0. The van der Waals surface area contributed by atoms with Gasteiger partial charge in [0.25, 0.3) is 0 Å². The Labute approximate surface area is 171 Å². The van der Waals surface area contributed by atoms with Gasteiger partial charge in [0.15, 0.2) is 5.75 Å². The van der Waals surface area contributed by atoms with Crippen LogP contribution in [0.5, 0.6) is 5.75 Å². The third kappa shape index (κ3) is 3.64. The minimum absolute atomic E-state index is 0.267. The Morgan fingerprint density at radius 3 is 1.83 bits per heavy atom. The van der Waals surface area contributed by atoms with Crippen LogP contribution >= 0.6 is 0 Å². The number of halogens is 3. The lowest BCUT2D eigenvalue weighted by Gasteiger charge is -2.19. The minimum atomic E-state index is -5.87. The second kappa shape index (κ2) is 7.50. The molecular weight excluding hydrogens is 413 g/mol. The quantitative estimate of drug-likeness (QED) is 0.279. The maximum atomic E-state index is 13.2. The van der Waals surface area contributed by atoms with Crippen LogP contribution < -0.4 is 4.18 Å². The topological polar surface area (TPSA) is 43.4 Å². The Hall–Kier alpha value is -3.32. The standard InChI is InChI=1S/C23H15F3O3S/c24-23(25,26)30(27,28)29-22-19-14-8-7-13-18(19)15-20(16-9-3-1-4-10-16)21(22)17-11-5-2-6-12-17/h1-15H. The number of rotatable bonds is 4. The first-order valence-corrected chi connectivity index (χ1v) is 10.4. The van der Waals surface area contributed by atoms with E-state index in [2.05, 4.69) is 0 Å². The van der Waals surface area contributed by atoms with Crippen molar-refractivity contribution in [1.29, 1.82) is 0 Å². The predicted octanol–water partition coefficient (Wildman–Crippen LogP) is 6.40. The van der Waals surface area contributed by atoms with E-state index in [1.165, 1.54) is 6.07 Å². The number of hydrogen-bond acceptors (Lipinski definition) is 3. The maximum Gasteiger partial charge on any atom is 0.534 e. The van der Waals surface area contributed by atoms with Crippen molar-refractivity contribution in [2.24, 2.45) is 0 Å². The fourth-order valence-corrected chi connectivity index (χ4v) is 3.78. The highest BCUT2D eigenvalue weighted by atomic mass is 32.2. The molecule has 0 unspecified atom stereocenters. The Bertz CT molecular complexity index is 1300. The SMILES string of the molecule is O=S(=O)(Oc1c(-c2ccccc2)c(-c2ccccc2)cc2ccccc12)C(F)(F)F. The second-order valence-corrected chi connectivity index (χ2v) is 8.10. The highest BCUT2D eigenvalue weighted by molar-refractivity contribution is 7.88. The molecule has 0 saturated carbocycles. The molecule has 0 aromatic heterocycles. The molecule has 3 nitrogen and oxygen atoms in total. The summed E-state index contributed by atoms with van der Waals surface area (Å²) in [5, 5.41) is 0.826. The lowest BCUT2D eigenvalue weighted by Crippen LogP contribution is -2.28. The van der Waals surface area contributed by atoms with E-state index < -0.39 is 15.6 Å². The molecule has 0 N–H and O–H groups in total. The summed E-state index contributed by atoms with van der Waals surface area (Å²) in [6.45, 7) is 0. The van der Waals surface area contributed by atoms with Crippen LogP contribution in [0.15, 0.2) is 91.0 Å². The van der Waals surface area contributed by atoms with Crippen molar-refractivity contribution in [2.75, 3.05) is 0 Å². The molecule has 0 spiro atoms. The summed E-state index contributed by atoms with van der Waals surface area (Å²) in [6, 6.07) is 26.0. The van der Waals surface area contributed by atoms with Crippen LogP contribution in [0, 0.1) is 0 Å². The normalized spacial score (nSPS) is 12.1. The van der Waals surface area contributed by atoms with Crippen LogP contribution in [0.25, 0.3) is 33.0 Å². The predicted molar refractivity (Wildman–Crippen MR) is 110 cm³/mol. The van der Waals surface area contributed by atoms with Gasteiger partial charge in [-0.25, -0.2) is 0 Å². The zero-order valence-corrected chi connectivity index (χ0v) is 16.2. The molecule has 0 aliphatic heterocycles. The minimum Gasteiger partial charge on any atom is -0.375 e. The third-order valence-electron chi connectivity index (χ3n) is 4.63. The number of alkyl halides is 3. The van der Waals surface area contributed by atoms with Crippen molar-refractivity contribution in [1.82, 2.24) is 0 Å².